The zero-order chi connectivity index (χ0) is 16.3. The van der Waals surface area contributed by atoms with Crippen LogP contribution in [0.1, 0.15) is 15.9 Å². The molecular formula is C12H9F3N2O3S2. The summed E-state index contributed by atoms with van der Waals surface area (Å²) in [5.74, 6) is -1.21. The number of thiol groups is 1. The largest absolute Gasteiger partial charge is 0.478 e. The standard InChI is InChI=1S/C12H9F3N2O3S2/c13-12(14,15)22-9-3-1-2-7(11(18)19)8(9)6-20-10-4-5-17(21)16-10/h1-5,21H,6H2,(H,18,19). The number of ether oxygens (including phenoxy) is 1. The van der Waals surface area contributed by atoms with Crippen molar-refractivity contribution in [1.82, 2.24) is 9.19 Å². The summed E-state index contributed by atoms with van der Waals surface area (Å²) < 4.78 is 44.1. The maximum atomic E-state index is 12.6. The van der Waals surface area contributed by atoms with Crippen molar-refractivity contribution in [2.75, 3.05) is 0 Å². The zero-order valence-corrected chi connectivity index (χ0v) is 12.5. The van der Waals surface area contributed by atoms with E-state index in [0.29, 0.717) is 0 Å². The number of hydrogen-bond acceptors (Lipinski definition) is 5. The molecule has 0 aliphatic rings. The van der Waals surface area contributed by atoms with Gasteiger partial charge in [-0.05, 0) is 36.7 Å². The first-order chi connectivity index (χ1) is 10.3. The van der Waals surface area contributed by atoms with Gasteiger partial charge in [0.2, 0.25) is 5.88 Å². The number of carboxylic acids is 1. The molecule has 0 saturated carbocycles. The average Bonchev–Trinajstić information content (AvgIpc) is 2.81. The maximum Gasteiger partial charge on any atom is 0.446 e. The van der Waals surface area contributed by atoms with Crippen LogP contribution in [0.4, 0.5) is 13.2 Å². The lowest BCUT2D eigenvalue weighted by Crippen LogP contribution is -2.09. The lowest BCUT2D eigenvalue weighted by atomic mass is 10.1. The summed E-state index contributed by atoms with van der Waals surface area (Å²) >= 11 is 3.51. The summed E-state index contributed by atoms with van der Waals surface area (Å²) in [5.41, 5.74) is -4.84. The minimum absolute atomic E-state index is 0.0639. The molecule has 10 heteroatoms. The highest BCUT2D eigenvalue weighted by Gasteiger charge is 2.31. The number of benzene rings is 1. The Labute approximate surface area is 132 Å². The van der Waals surface area contributed by atoms with Crippen molar-refractivity contribution in [3.8, 4) is 5.88 Å². The van der Waals surface area contributed by atoms with E-state index in [9.17, 15) is 18.0 Å². The predicted octanol–water partition coefficient (Wildman–Crippen LogP) is 3.47. The van der Waals surface area contributed by atoms with Crippen LogP contribution < -0.4 is 4.74 Å². The monoisotopic (exact) mass is 350 g/mol. The molecule has 5 nitrogen and oxygen atoms in total. The molecule has 1 heterocycles. The molecule has 0 atom stereocenters. The molecule has 0 aliphatic heterocycles. The molecule has 0 spiro atoms. The average molecular weight is 350 g/mol. The van der Waals surface area contributed by atoms with Crippen molar-refractivity contribution in [2.24, 2.45) is 0 Å². The van der Waals surface area contributed by atoms with Gasteiger partial charge >= 0.3 is 11.5 Å². The second kappa shape index (κ2) is 6.53. The quantitative estimate of drug-likeness (QED) is 0.639. The van der Waals surface area contributed by atoms with Crippen LogP contribution >= 0.6 is 24.6 Å². The molecule has 0 unspecified atom stereocenters. The van der Waals surface area contributed by atoms with Crippen LogP contribution in [0.15, 0.2) is 35.4 Å². The van der Waals surface area contributed by atoms with E-state index in [1.54, 1.807) is 0 Å². The fourth-order valence-electron chi connectivity index (χ4n) is 1.66. The van der Waals surface area contributed by atoms with Gasteiger partial charge in [-0.15, -0.1) is 5.10 Å². The molecule has 0 fully saturated rings. The van der Waals surface area contributed by atoms with Crippen molar-refractivity contribution in [1.29, 1.82) is 0 Å². The lowest BCUT2D eigenvalue weighted by Gasteiger charge is -2.13. The molecule has 0 amide bonds. The number of alkyl halides is 3. The van der Waals surface area contributed by atoms with Crippen molar-refractivity contribution >= 4 is 30.5 Å². The third kappa shape index (κ3) is 4.34. The first-order valence-corrected chi connectivity index (χ1v) is 6.96. The Morgan fingerprint density at radius 3 is 2.68 bits per heavy atom. The second-order valence-electron chi connectivity index (χ2n) is 4.00. The van der Waals surface area contributed by atoms with Gasteiger partial charge in [0.1, 0.15) is 6.61 Å². The van der Waals surface area contributed by atoms with Crippen LogP contribution in [0.2, 0.25) is 0 Å². The van der Waals surface area contributed by atoms with E-state index in [-0.39, 0.29) is 40.3 Å². The SMILES string of the molecule is O=C(O)c1cccc(SC(F)(F)F)c1COc1ccn(S)n1. The lowest BCUT2D eigenvalue weighted by molar-refractivity contribution is -0.0328. The van der Waals surface area contributed by atoms with E-state index in [4.69, 9.17) is 9.84 Å². The predicted molar refractivity (Wildman–Crippen MR) is 76.3 cm³/mol. The third-order valence-electron chi connectivity index (χ3n) is 2.50. The Balaban J connectivity index is 2.30. The molecule has 1 aromatic carbocycles. The maximum absolute atomic E-state index is 12.6. The molecule has 2 aromatic rings. The Kier molecular flexibility index (Phi) is 4.91. The number of thioether (sulfide) groups is 1. The molecule has 1 aromatic heterocycles. The number of aromatic carboxylic acids is 1. The van der Waals surface area contributed by atoms with E-state index in [1.165, 1.54) is 30.5 Å². The van der Waals surface area contributed by atoms with Crippen LogP contribution in [0, 0.1) is 0 Å². The minimum Gasteiger partial charge on any atom is -0.478 e. The highest BCUT2D eigenvalue weighted by molar-refractivity contribution is 8.00. The van der Waals surface area contributed by atoms with Crippen LogP contribution in [0.25, 0.3) is 0 Å². The number of aromatic nitrogens is 2. The Morgan fingerprint density at radius 1 is 1.41 bits per heavy atom. The van der Waals surface area contributed by atoms with Gasteiger partial charge < -0.3 is 9.84 Å². The van der Waals surface area contributed by atoms with Crippen molar-refractivity contribution in [2.45, 2.75) is 17.0 Å². The molecule has 2 rings (SSSR count). The number of carbonyl (C=O) groups is 1. The van der Waals surface area contributed by atoms with Gasteiger partial charge in [-0.2, -0.15) is 13.2 Å². The van der Waals surface area contributed by atoms with E-state index >= 15 is 0 Å². The van der Waals surface area contributed by atoms with Crippen molar-refractivity contribution < 1.29 is 27.8 Å². The fraction of sp³-hybridized carbons (Fsp3) is 0.167. The number of halogens is 3. The van der Waals surface area contributed by atoms with E-state index in [1.807, 2.05) is 0 Å². The Hall–Kier alpha value is -1.81. The smallest absolute Gasteiger partial charge is 0.446 e. The van der Waals surface area contributed by atoms with Gasteiger partial charge in [-0.3, -0.25) is 0 Å². The normalized spacial score (nSPS) is 11.5. The van der Waals surface area contributed by atoms with E-state index < -0.39 is 11.5 Å². The minimum atomic E-state index is -4.53. The van der Waals surface area contributed by atoms with Gasteiger partial charge in [-0.25, -0.2) is 8.88 Å². The molecule has 1 N–H and O–H groups in total. The second-order valence-corrected chi connectivity index (χ2v) is 5.51. The first kappa shape index (κ1) is 16.6. The van der Waals surface area contributed by atoms with Crippen LogP contribution in [0.3, 0.4) is 0 Å². The van der Waals surface area contributed by atoms with Gasteiger partial charge in [-0.1, -0.05) is 6.07 Å². The van der Waals surface area contributed by atoms with Gasteiger partial charge in [0.05, 0.1) is 5.56 Å². The summed E-state index contributed by atoms with van der Waals surface area (Å²) in [4.78, 5) is 11.0. The van der Waals surface area contributed by atoms with Crippen LogP contribution in [-0.4, -0.2) is 25.8 Å². The van der Waals surface area contributed by atoms with Crippen LogP contribution in [0.5, 0.6) is 5.88 Å². The van der Waals surface area contributed by atoms with Crippen molar-refractivity contribution in [3.63, 3.8) is 0 Å². The molecule has 22 heavy (non-hydrogen) atoms. The molecule has 0 radical (unpaired) electrons. The molecular weight excluding hydrogens is 341 g/mol. The summed E-state index contributed by atoms with van der Waals surface area (Å²) in [7, 11) is 0. The summed E-state index contributed by atoms with van der Waals surface area (Å²) in [5, 5.41) is 12.9. The molecule has 118 valence electrons. The summed E-state index contributed by atoms with van der Waals surface area (Å²) in [6, 6.07) is 5.12. The fourth-order valence-corrected chi connectivity index (χ4v) is 2.50. The van der Waals surface area contributed by atoms with Gasteiger partial charge in [0, 0.05) is 22.7 Å². The third-order valence-corrected chi connectivity index (χ3v) is 3.56. The molecule has 0 saturated heterocycles. The topological polar surface area (TPSA) is 64.3 Å². The first-order valence-electron chi connectivity index (χ1n) is 5.75. The zero-order valence-electron chi connectivity index (χ0n) is 10.7. The number of hydrogen-bond donors (Lipinski definition) is 2. The van der Waals surface area contributed by atoms with Gasteiger partial charge in [0.15, 0.2) is 0 Å². The Morgan fingerprint density at radius 2 is 2.14 bits per heavy atom. The number of rotatable bonds is 5. The summed E-state index contributed by atoms with van der Waals surface area (Å²) in [6.45, 7) is -0.355. The molecule has 0 aliphatic carbocycles. The summed E-state index contributed by atoms with van der Waals surface area (Å²) in [6.07, 6.45) is 1.47. The van der Waals surface area contributed by atoms with Gasteiger partial charge in [0.25, 0.3) is 0 Å². The van der Waals surface area contributed by atoms with Crippen molar-refractivity contribution in [3.05, 3.63) is 41.6 Å². The molecule has 0 bridgehead atoms. The number of nitrogens with zero attached hydrogens (tertiary/aromatic N) is 2. The highest BCUT2D eigenvalue weighted by atomic mass is 32.2. The van der Waals surface area contributed by atoms with E-state index in [2.05, 4.69) is 17.9 Å². The highest BCUT2D eigenvalue weighted by Crippen LogP contribution is 2.39. The Bertz CT molecular complexity index is 688. The van der Waals surface area contributed by atoms with Crippen LogP contribution in [-0.2, 0) is 6.61 Å². The van der Waals surface area contributed by atoms with E-state index in [0.717, 1.165) is 4.09 Å². The number of carboxylic acid groups (broad SMARTS) is 1.